The van der Waals surface area contributed by atoms with Crippen molar-refractivity contribution in [3.63, 3.8) is 0 Å². The number of thiophene rings is 1. The molecule has 3 nitrogen and oxygen atoms in total. The maximum atomic E-state index is 11.3. The molecule has 0 bridgehead atoms. The van der Waals surface area contributed by atoms with Gasteiger partial charge in [-0.05, 0) is 34.5 Å². The van der Waals surface area contributed by atoms with Gasteiger partial charge in [0.2, 0.25) is 5.91 Å². The molecule has 0 fully saturated rings. The first-order valence-corrected chi connectivity index (χ1v) is 6.90. The molecule has 5 heteroatoms. The van der Waals surface area contributed by atoms with Gasteiger partial charge in [-0.2, -0.15) is 5.10 Å². The standard InChI is InChI=1S/C11H15BrN2OS/c1-2-3-4-5-11(15)14-13-8-9-6-7-10(12)16-9/h6-8H,2-5H2,1H3,(H,14,15). The fourth-order valence-corrected chi connectivity index (χ4v) is 2.45. The number of halogens is 1. The second kappa shape index (κ2) is 7.57. The van der Waals surface area contributed by atoms with Crippen LogP contribution in [0.5, 0.6) is 0 Å². The van der Waals surface area contributed by atoms with Crippen LogP contribution in [-0.4, -0.2) is 12.1 Å². The molecule has 0 aromatic carbocycles. The van der Waals surface area contributed by atoms with Crippen LogP contribution in [-0.2, 0) is 4.79 Å². The fourth-order valence-electron chi connectivity index (χ4n) is 1.16. The summed E-state index contributed by atoms with van der Waals surface area (Å²) in [7, 11) is 0. The van der Waals surface area contributed by atoms with Gasteiger partial charge in [-0.15, -0.1) is 11.3 Å². The van der Waals surface area contributed by atoms with Crippen LogP contribution >= 0.6 is 27.3 Å². The van der Waals surface area contributed by atoms with Crippen LogP contribution < -0.4 is 5.43 Å². The normalized spacial score (nSPS) is 10.9. The Bertz CT molecular complexity index is 363. The first kappa shape index (κ1) is 13.4. The Kier molecular flexibility index (Phi) is 6.33. The molecule has 0 unspecified atom stereocenters. The minimum Gasteiger partial charge on any atom is -0.273 e. The molecular weight excluding hydrogens is 288 g/mol. The summed E-state index contributed by atoms with van der Waals surface area (Å²) < 4.78 is 1.06. The lowest BCUT2D eigenvalue weighted by atomic mass is 10.2. The molecule has 1 aromatic heterocycles. The number of carbonyl (C=O) groups excluding carboxylic acids is 1. The molecule has 0 aliphatic rings. The Labute approximate surface area is 108 Å². The van der Waals surface area contributed by atoms with Gasteiger partial charge >= 0.3 is 0 Å². The van der Waals surface area contributed by atoms with E-state index in [0.717, 1.165) is 27.9 Å². The van der Waals surface area contributed by atoms with E-state index in [0.29, 0.717) is 6.42 Å². The van der Waals surface area contributed by atoms with Crippen molar-refractivity contribution in [1.29, 1.82) is 0 Å². The van der Waals surface area contributed by atoms with Crippen LogP contribution in [0.2, 0.25) is 0 Å². The summed E-state index contributed by atoms with van der Waals surface area (Å²) in [5, 5.41) is 3.90. The molecule has 16 heavy (non-hydrogen) atoms. The van der Waals surface area contributed by atoms with Crippen molar-refractivity contribution < 1.29 is 4.79 Å². The Morgan fingerprint density at radius 1 is 1.56 bits per heavy atom. The Hall–Kier alpha value is -0.680. The van der Waals surface area contributed by atoms with Gasteiger partial charge in [0.25, 0.3) is 0 Å². The van der Waals surface area contributed by atoms with Crippen LogP contribution in [0, 0.1) is 0 Å². The summed E-state index contributed by atoms with van der Waals surface area (Å²) in [6, 6.07) is 3.90. The van der Waals surface area contributed by atoms with Crippen molar-refractivity contribution in [3.8, 4) is 0 Å². The summed E-state index contributed by atoms with van der Waals surface area (Å²) in [6.45, 7) is 2.12. The zero-order valence-electron chi connectivity index (χ0n) is 9.20. The number of hydrogen-bond acceptors (Lipinski definition) is 3. The third kappa shape index (κ3) is 5.42. The van der Waals surface area contributed by atoms with Crippen LogP contribution in [0.3, 0.4) is 0 Å². The second-order valence-corrected chi connectivity index (χ2v) is 5.89. The highest BCUT2D eigenvalue weighted by Crippen LogP contribution is 2.20. The van der Waals surface area contributed by atoms with Gasteiger partial charge in [0.1, 0.15) is 0 Å². The van der Waals surface area contributed by atoms with E-state index >= 15 is 0 Å². The van der Waals surface area contributed by atoms with Gasteiger partial charge < -0.3 is 0 Å². The van der Waals surface area contributed by atoms with Gasteiger partial charge in [-0.3, -0.25) is 4.79 Å². The van der Waals surface area contributed by atoms with Crippen LogP contribution in [0.15, 0.2) is 21.0 Å². The fraction of sp³-hybridized carbons (Fsp3) is 0.455. The van der Waals surface area contributed by atoms with Gasteiger partial charge in [-0.1, -0.05) is 19.8 Å². The van der Waals surface area contributed by atoms with E-state index in [2.05, 4.69) is 33.4 Å². The maximum Gasteiger partial charge on any atom is 0.240 e. The van der Waals surface area contributed by atoms with E-state index in [9.17, 15) is 4.79 Å². The molecular formula is C11H15BrN2OS. The minimum atomic E-state index is -0.0136. The summed E-state index contributed by atoms with van der Waals surface area (Å²) in [5.41, 5.74) is 2.52. The third-order valence-electron chi connectivity index (χ3n) is 1.98. The second-order valence-electron chi connectivity index (χ2n) is 3.39. The molecule has 0 radical (unpaired) electrons. The number of hydrogen-bond donors (Lipinski definition) is 1. The van der Waals surface area contributed by atoms with Gasteiger partial charge in [-0.25, -0.2) is 5.43 Å². The van der Waals surface area contributed by atoms with Crippen LogP contribution in [0.4, 0.5) is 0 Å². The lowest BCUT2D eigenvalue weighted by Gasteiger charge is -1.97. The quantitative estimate of drug-likeness (QED) is 0.487. The molecule has 1 aromatic rings. The largest absolute Gasteiger partial charge is 0.273 e. The highest BCUT2D eigenvalue weighted by molar-refractivity contribution is 9.11. The SMILES string of the molecule is CCCCCC(=O)NN=Cc1ccc(Br)s1. The average molecular weight is 303 g/mol. The molecule has 0 aliphatic heterocycles. The smallest absolute Gasteiger partial charge is 0.240 e. The molecule has 1 rings (SSSR count). The summed E-state index contributed by atoms with van der Waals surface area (Å²) in [4.78, 5) is 12.3. The van der Waals surface area contributed by atoms with E-state index < -0.39 is 0 Å². The summed E-state index contributed by atoms with van der Waals surface area (Å²) in [6.07, 6.45) is 5.36. The monoisotopic (exact) mass is 302 g/mol. The number of nitrogens with zero attached hydrogens (tertiary/aromatic N) is 1. The molecule has 0 saturated carbocycles. The number of rotatable bonds is 6. The van der Waals surface area contributed by atoms with Crippen LogP contribution in [0.1, 0.15) is 37.5 Å². The van der Waals surface area contributed by atoms with Crippen molar-refractivity contribution in [2.24, 2.45) is 5.10 Å². The molecule has 0 spiro atoms. The summed E-state index contributed by atoms with van der Waals surface area (Å²) >= 11 is 4.94. The first-order valence-electron chi connectivity index (χ1n) is 5.29. The number of amides is 1. The van der Waals surface area contributed by atoms with E-state index in [-0.39, 0.29) is 5.91 Å². The number of unbranched alkanes of at least 4 members (excludes halogenated alkanes) is 2. The topological polar surface area (TPSA) is 41.5 Å². The number of hydrazone groups is 1. The predicted molar refractivity (Wildman–Crippen MR) is 71.9 cm³/mol. The Morgan fingerprint density at radius 3 is 3.00 bits per heavy atom. The molecule has 0 aliphatic carbocycles. The highest BCUT2D eigenvalue weighted by atomic mass is 79.9. The van der Waals surface area contributed by atoms with E-state index in [1.807, 2.05) is 12.1 Å². The Morgan fingerprint density at radius 2 is 2.38 bits per heavy atom. The summed E-state index contributed by atoms with van der Waals surface area (Å²) in [5.74, 6) is -0.0136. The van der Waals surface area contributed by atoms with Crippen molar-refractivity contribution in [2.45, 2.75) is 32.6 Å². The number of nitrogens with one attached hydrogen (secondary N) is 1. The first-order chi connectivity index (χ1) is 7.72. The van der Waals surface area contributed by atoms with E-state index in [1.165, 1.54) is 0 Å². The maximum absolute atomic E-state index is 11.3. The highest BCUT2D eigenvalue weighted by Gasteiger charge is 1.98. The minimum absolute atomic E-state index is 0.0136. The van der Waals surface area contributed by atoms with Crippen LogP contribution in [0.25, 0.3) is 0 Å². The lowest BCUT2D eigenvalue weighted by molar-refractivity contribution is -0.121. The third-order valence-corrected chi connectivity index (χ3v) is 3.54. The molecule has 0 atom stereocenters. The van der Waals surface area contributed by atoms with Gasteiger partial charge in [0.15, 0.2) is 0 Å². The van der Waals surface area contributed by atoms with Gasteiger partial charge in [0.05, 0.1) is 10.0 Å². The molecule has 1 heterocycles. The molecule has 0 saturated heterocycles. The van der Waals surface area contributed by atoms with Crippen molar-refractivity contribution in [1.82, 2.24) is 5.43 Å². The van der Waals surface area contributed by atoms with E-state index in [4.69, 9.17) is 0 Å². The van der Waals surface area contributed by atoms with Crippen molar-refractivity contribution in [2.75, 3.05) is 0 Å². The number of carbonyl (C=O) groups is 1. The average Bonchev–Trinajstić information content (AvgIpc) is 2.65. The zero-order chi connectivity index (χ0) is 11.8. The molecule has 1 amide bonds. The van der Waals surface area contributed by atoms with Gasteiger partial charge in [0, 0.05) is 11.3 Å². The Balaban J connectivity index is 2.23. The van der Waals surface area contributed by atoms with E-state index in [1.54, 1.807) is 17.6 Å². The predicted octanol–water partition coefficient (Wildman–Crippen LogP) is 3.54. The zero-order valence-corrected chi connectivity index (χ0v) is 11.6. The van der Waals surface area contributed by atoms with Crippen molar-refractivity contribution in [3.05, 3.63) is 20.8 Å². The van der Waals surface area contributed by atoms with Crippen molar-refractivity contribution >= 4 is 39.4 Å². The molecule has 88 valence electrons. The lowest BCUT2D eigenvalue weighted by Crippen LogP contribution is -2.16. The molecule has 1 N–H and O–H groups in total.